The molecule has 0 aromatic heterocycles. The van der Waals surface area contributed by atoms with Crippen molar-refractivity contribution in [2.45, 2.75) is 36.9 Å². The average molecular weight is 540 g/mol. The van der Waals surface area contributed by atoms with Crippen LogP contribution < -0.4 is 5.32 Å². The van der Waals surface area contributed by atoms with Crippen molar-refractivity contribution >= 4 is 47.6 Å². The number of ether oxygens (including phenoxy) is 1. The maximum Gasteiger partial charge on any atom is 0.243 e. The molecule has 168 valence electrons. The maximum absolute atomic E-state index is 12.1. The molecule has 1 aliphatic carbocycles. The highest BCUT2D eigenvalue weighted by Crippen LogP contribution is 2.42. The van der Waals surface area contributed by atoms with E-state index in [1.807, 2.05) is 0 Å². The van der Waals surface area contributed by atoms with E-state index in [-0.39, 0.29) is 36.4 Å². The van der Waals surface area contributed by atoms with E-state index in [0.29, 0.717) is 4.75 Å². The fraction of sp³-hybridized carbons (Fsp3) is 0.900. The quantitative estimate of drug-likeness (QED) is 0.326. The number of hydrogen-bond donors (Lipinski definition) is 1. The van der Waals surface area contributed by atoms with Crippen LogP contribution in [0.5, 0.6) is 0 Å². The van der Waals surface area contributed by atoms with Crippen LogP contribution in [0.4, 0.5) is 0 Å². The molecule has 0 atom stereocenters. The zero-order chi connectivity index (χ0) is 19.8. The molecular formula is C20H38IN5O2S. The Morgan fingerprint density at radius 2 is 1.90 bits per heavy atom. The largest absolute Gasteiger partial charge is 0.379 e. The number of thioether (sulfide) groups is 1. The summed E-state index contributed by atoms with van der Waals surface area (Å²) >= 11 is 2.16. The Hall–Kier alpha value is -0.260. The molecule has 9 heteroatoms. The lowest BCUT2D eigenvalue weighted by molar-refractivity contribution is -0.127. The molecule has 1 amide bonds. The van der Waals surface area contributed by atoms with Gasteiger partial charge in [0, 0.05) is 63.9 Å². The summed E-state index contributed by atoms with van der Waals surface area (Å²) in [6.07, 6.45) is 6.68. The molecule has 1 saturated carbocycles. The van der Waals surface area contributed by atoms with Gasteiger partial charge in [0.2, 0.25) is 5.91 Å². The highest BCUT2D eigenvalue weighted by Gasteiger charge is 2.38. The smallest absolute Gasteiger partial charge is 0.243 e. The van der Waals surface area contributed by atoms with Gasteiger partial charge in [-0.3, -0.25) is 9.69 Å². The fourth-order valence-electron chi connectivity index (χ4n) is 4.23. The number of rotatable bonds is 5. The highest BCUT2D eigenvalue weighted by atomic mass is 127. The second kappa shape index (κ2) is 12.6. The molecule has 2 saturated heterocycles. The summed E-state index contributed by atoms with van der Waals surface area (Å²) in [6.45, 7) is 7.75. The molecule has 3 fully saturated rings. The zero-order valence-corrected chi connectivity index (χ0v) is 21.2. The van der Waals surface area contributed by atoms with Crippen LogP contribution in [0.25, 0.3) is 0 Å². The number of aliphatic imine (C=N–C) groups is 1. The monoisotopic (exact) mass is 539 g/mol. The number of morpholine rings is 1. The van der Waals surface area contributed by atoms with Crippen LogP contribution in [-0.2, 0) is 9.53 Å². The number of guanidine groups is 1. The second-order valence-electron chi connectivity index (χ2n) is 8.32. The number of halogens is 1. The van der Waals surface area contributed by atoms with Crippen LogP contribution >= 0.6 is 35.7 Å². The minimum absolute atomic E-state index is 0. The molecule has 0 aromatic carbocycles. The van der Waals surface area contributed by atoms with Crippen LogP contribution in [-0.4, -0.2) is 110 Å². The Morgan fingerprint density at radius 3 is 2.59 bits per heavy atom. The Kier molecular flexibility index (Phi) is 10.8. The molecule has 0 aromatic rings. The van der Waals surface area contributed by atoms with E-state index in [2.05, 4.69) is 26.9 Å². The van der Waals surface area contributed by atoms with Gasteiger partial charge in [-0.05, 0) is 12.8 Å². The van der Waals surface area contributed by atoms with Crippen molar-refractivity contribution in [1.82, 2.24) is 20.0 Å². The lowest BCUT2D eigenvalue weighted by atomic mass is 9.87. The molecule has 3 rings (SSSR count). The van der Waals surface area contributed by atoms with Crippen molar-refractivity contribution in [2.75, 3.05) is 78.9 Å². The van der Waals surface area contributed by atoms with Gasteiger partial charge in [-0.2, -0.15) is 11.8 Å². The number of likely N-dealkylation sites (N-methyl/N-ethyl adjacent to an activating group) is 1. The predicted molar refractivity (Wildman–Crippen MR) is 132 cm³/mol. The van der Waals surface area contributed by atoms with E-state index in [1.165, 1.54) is 32.1 Å². The molecule has 1 N–H and O–H groups in total. The van der Waals surface area contributed by atoms with E-state index < -0.39 is 0 Å². The first-order chi connectivity index (χ1) is 13.6. The van der Waals surface area contributed by atoms with Gasteiger partial charge >= 0.3 is 0 Å². The molecule has 2 heterocycles. The summed E-state index contributed by atoms with van der Waals surface area (Å²) in [5.74, 6) is 2.10. The predicted octanol–water partition coefficient (Wildman–Crippen LogP) is 1.72. The number of amides is 1. The third-order valence-corrected chi connectivity index (χ3v) is 7.53. The Bertz CT molecular complexity index is 531. The Morgan fingerprint density at radius 1 is 1.17 bits per heavy atom. The first-order valence-corrected chi connectivity index (χ1v) is 11.7. The summed E-state index contributed by atoms with van der Waals surface area (Å²) < 4.78 is 5.82. The molecule has 7 nitrogen and oxygen atoms in total. The van der Waals surface area contributed by atoms with Gasteiger partial charge in [0.15, 0.2) is 5.96 Å². The molecule has 0 unspecified atom stereocenters. The molecule has 1 spiro atoms. The summed E-state index contributed by atoms with van der Waals surface area (Å²) in [7, 11) is 3.58. The van der Waals surface area contributed by atoms with Gasteiger partial charge in [-0.1, -0.05) is 19.3 Å². The molecule has 3 aliphatic rings. The van der Waals surface area contributed by atoms with Crippen LogP contribution in [0.2, 0.25) is 0 Å². The molecule has 29 heavy (non-hydrogen) atoms. The second-order valence-corrected chi connectivity index (χ2v) is 9.89. The maximum atomic E-state index is 12.1. The van der Waals surface area contributed by atoms with Crippen molar-refractivity contribution in [3.63, 3.8) is 0 Å². The van der Waals surface area contributed by atoms with Gasteiger partial charge in [0.05, 0.1) is 13.2 Å². The van der Waals surface area contributed by atoms with Crippen molar-refractivity contribution in [1.29, 1.82) is 0 Å². The lowest BCUT2D eigenvalue weighted by Gasteiger charge is -2.45. The van der Waals surface area contributed by atoms with Crippen LogP contribution in [0.15, 0.2) is 4.99 Å². The lowest BCUT2D eigenvalue weighted by Crippen LogP contribution is -2.54. The van der Waals surface area contributed by atoms with Gasteiger partial charge in [0.25, 0.3) is 0 Å². The van der Waals surface area contributed by atoms with E-state index >= 15 is 0 Å². The number of carbonyl (C=O) groups excluding carboxylic acids is 1. The first-order valence-electron chi connectivity index (χ1n) is 10.8. The summed E-state index contributed by atoms with van der Waals surface area (Å²) in [4.78, 5) is 23.3. The van der Waals surface area contributed by atoms with E-state index in [9.17, 15) is 4.79 Å². The standard InChI is InChI=1S/C20H37N5O2S.HI/c1-23(2)18(26)16-22-19(21-8-9-24-10-13-27-14-11-24)25-12-15-28-20(17-25)6-4-3-5-7-20;/h3-17H2,1-2H3,(H,21,22);1H. The highest BCUT2D eigenvalue weighted by molar-refractivity contribution is 14.0. The van der Waals surface area contributed by atoms with Crippen molar-refractivity contribution in [2.24, 2.45) is 4.99 Å². The molecule has 0 radical (unpaired) electrons. The SMILES string of the molecule is CN(C)C(=O)CN=C(NCCN1CCOCC1)N1CCSC2(CCCCC2)C1.I. The average Bonchev–Trinajstić information content (AvgIpc) is 2.71. The van der Waals surface area contributed by atoms with Crippen LogP contribution in [0.3, 0.4) is 0 Å². The van der Waals surface area contributed by atoms with Crippen molar-refractivity contribution < 1.29 is 9.53 Å². The topological polar surface area (TPSA) is 60.4 Å². The van der Waals surface area contributed by atoms with Gasteiger partial charge < -0.3 is 19.9 Å². The number of nitrogens with zero attached hydrogens (tertiary/aromatic N) is 4. The Balaban J connectivity index is 0.00000300. The van der Waals surface area contributed by atoms with E-state index in [1.54, 1.807) is 19.0 Å². The fourth-order valence-corrected chi connectivity index (χ4v) is 5.80. The Labute approximate surface area is 197 Å². The summed E-state index contributed by atoms with van der Waals surface area (Å²) in [6, 6.07) is 0. The first kappa shape index (κ1) is 25.0. The summed E-state index contributed by atoms with van der Waals surface area (Å²) in [5, 5.41) is 3.57. The van der Waals surface area contributed by atoms with E-state index in [0.717, 1.165) is 64.2 Å². The van der Waals surface area contributed by atoms with Gasteiger partial charge in [-0.25, -0.2) is 4.99 Å². The third-order valence-electron chi connectivity index (χ3n) is 5.99. The normalized spacial score (nSPS) is 22.8. The third kappa shape index (κ3) is 7.74. The number of hydrogen-bond acceptors (Lipinski definition) is 5. The molecule has 2 aliphatic heterocycles. The van der Waals surface area contributed by atoms with Crippen molar-refractivity contribution in [3.05, 3.63) is 0 Å². The van der Waals surface area contributed by atoms with E-state index in [4.69, 9.17) is 9.73 Å². The molecule has 0 bridgehead atoms. The van der Waals surface area contributed by atoms with Crippen LogP contribution in [0.1, 0.15) is 32.1 Å². The summed E-state index contributed by atoms with van der Waals surface area (Å²) in [5.41, 5.74) is 0. The number of carbonyl (C=O) groups is 1. The van der Waals surface area contributed by atoms with Gasteiger partial charge in [-0.15, -0.1) is 24.0 Å². The van der Waals surface area contributed by atoms with Crippen molar-refractivity contribution in [3.8, 4) is 0 Å². The minimum atomic E-state index is 0. The van der Waals surface area contributed by atoms with Gasteiger partial charge in [0.1, 0.15) is 6.54 Å². The number of nitrogens with one attached hydrogen (secondary N) is 1. The zero-order valence-electron chi connectivity index (χ0n) is 18.0. The van der Waals surface area contributed by atoms with Crippen LogP contribution in [0, 0.1) is 0 Å². The minimum Gasteiger partial charge on any atom is -0.379 e. The molecular weight excluding hydrogens is 501 g/mol.